The van der Waals surface area contributed by atoms with Crippen LogP contribution in [0.1, 0.15) is 33.1 Å². The molecule has 4 nitrogen and oxygen atoms in total. The van der Waals surface area contributed by atoms with Gasteiger partial charge in [-0.2, -0.15) is 0 Å². The Balaban J connectivity index is 2.44. The highest BCUT2D eigenvalue weighted by Crippen LogP contribution is 2.61. The van der Waals surface area contributed by atoms with Crippen LogP contribution < -0.4 is 5.73 Å². The zero-order valence-corrected chi connectivity index (χ0v) is 8.70. The third kappa shape index (κ3) is 0.848. The normalized spacial score (nSPS) is 45.8. The molecule has 0 heterocycles. The molecule has 0 aromatic heterocycles. The lowest BCUT2D eigenvalue weighted by molar-refractivity contribution is -0.0511. The maximum absolute atomic E-state index is 10.6. The summed E-state index contributed by atoms with van der Waals surface area (Å²) < 4.78 is 0. The Labute approximate surface area is 83.8 Å². The van der Waals surface area contributed by atoms with E-state index in [1.807, 2.05) is 13.8 Å². The molecule has 2 saturated carbocycles. The molecule has 2 rings (SSSR count). The van der Waals surface area contributed by atoms with Crippen molar-refractivity contribution in [2.24, 2.45) is 28.1 Å². The van der Waals surface area contributed by atoms with Gasteiger partial charge in [0.2, 0.25) is 0 Å². The summed E-state index contributed by atoms with van der Waals surface area (Å²) in [6, 6.07) is 0. The molecule has 3 atom stereocenters. The van der Waals surface area contributed by atoms with Crippen molar-refractivity contribution in [1.29, 1.82) is 0 Å². The first-order valence-electron chi connectivity index (χ1n) is 5.15. The molecule has 14 heavy (non-hydrogen) atoms. The van der Waals surface area contributed by atoms with E-state index in [4.69, 9.17) is 10.9 Å². The van der Waals surface area contributed by atoms with Crippen LogP contribution in [0.25, 0.3) is 0 Å². The van der Waals surface area contributed by atoms with Crippen LogP contribution in [0.5, 0.6) is 0 Å². The van der Waals surface area contributed by atoms with Gasteiger partial charge in [-0.05, 0) is 31.1 Å². The van der Waals surface area contributed by atoms with Crippen LogP contribution in [0.4, 0.5) is 0 Å². The van der Waals surface area contributed by atoms with Crippen LogP contribution in [0, 0.1) is 17.3 Å². The summed E-state index contributed by atoms with van der Waals surface area (Å²) in [6.07, 6.45) is 3.14. The molecule has 2 aliphatic rings. The van der Waals surface area contributed by atoms with E-state index in [0.29, 0.717) is 5.92 Å². The van der Waals surface area contributed by atoms with E-state index in [0.717, 1.165) is 19.3 Å². The average Bonchev–Trinajstić information content (AvgIpc) is 2.68. The highest BCUT2D eigenvalue weighted by Gasteiger charge is 2.64. The lowest BCUT2D eigenvalue weighted by Crippen LogP contribution is -2.58. The second-order valence-electron chi connectivity index (χ2n) is 5.18. The van der Waals surface area contributed by atoms with Crippen molar-refractivity contribution >= 4 is 5.84 Å². The SMILES string of the molecule is CC1(C)C2CCC(C2)C1(O)/C(N)=N/O. The Morgan fingerprint density at radius 2 is 1.93 bits per heavy atom. The van der Waals surface area contributed by atoms with Crippen LogP contribution in [-0.2, 0) is 0 Å². The molecule has 0 aliphatic heterocycles. The first-order valence-corrected chi connectivity index (χ1v) is 5.15. The minimum Gasteiger partial charge on any atom is -0.409 e. The fourth-order valence-electron chi connectivity index (χ4n) is 3.47. The quantitative estimate of drug-likeness (QED) is 0.254. The second kappa shape index (κ2) is 2.63. The van der Waals surface area contributed by atoms with E-state index in [-0.39, 0.29) is 17.2 Å². The topological polar surface area (TPSA) is 78.8 Å². The number of oxime groups is 1. The van der Waals surface area contributed by atoms with E-state index < -0.39 is 5.60 Å². The maximum Gasteiger partial charge on any atom is 0.172 e. The Bertz CT molecular complexity index is 288. The Morgan fingerprint density at radius 1 is 1.36 bits per heavy atom. The van der Waals surface area contributed by atoms with Gasteiger partial charge in [-0.15, -0.1) is 0 Å². The summed E-state index contributed by atoms with van der Waals surface area (Å²) in [5.41, 5.74) is 4.25. The number of hydrogen-bond acceptors (Lipinski definition) is 3. The molecule has 2 bridgehead atoms. The monoisotopic (exact) mass is 198 g/mol. The molecule has 0 amide bonds. The molecule has 80 valence electrons. The smallest absolute Gasteiger partial charge is 0.172 e. The van der Waals surface area contributed by atoms with Crippen molar-refractivity contribution in [2.75, 3.05) is 0 Å². The van der Waals surface area contributed by atoms with Gasteiger partial charge in [0.1, 0.15) is 5.60 Å². The zero-order chi connectivity index (χ0) is 10.6. The molecule has 3 unspecified atom stereocenters. The van der Waals surface area contributed by atoms with Gasteiger partial charge in [-0.25, -0.2) is 0 Å². The fraction of sp³-hybridized carbons (Fsp3) is 0.900. The predicted molar refractivity (Wildman–Crippen MR) is 53.0 cm³/mol. The van der Waals surface area contributed by atoms with Gasteiger partial charge in [-0.1, -0.05) is 19.0 Å². The number of hydrogen-bond donors (Lipinski definition) is 3. The number of fused-ring (bicyclic) bond motifs is 2. The Kier molecular flexibility index (Phi) is 1.83. The van der Waals surface area contributed by atoms with Gasteiger partial charge in [-0.3, -0.25) is 0 Å². The van der Waals surface area contributed by atoms with Crippen LogP contribution >= 0.6 is 0 Å². The van der Waals surface area contributed by atoms with Crippen molar-refractivity contribution < 1.29 is 10.3 Å². The van der Waals surface area contributed by atoms with E-state index >= 15 is 0 Å². The van der Waals surface area contributed by atoms with Crippen molar-refractivity contribution in [2.45, 2.75) is 38.7 Å². The minimum atomic E-state index is -1.11. The highest BCUT2D eigenvalue weighted by atomic mass is 16.4. The molecule has 2 fully saturated rings. The van der Waals surface area contributed by atoms with Gasteiger partial charge < -0.3 is 16.0 Å². The highest BCUT2D eigenvalue weighted by molar-refractivity contribution is 5.90. The molecule has 0 spiro atoms. The third-order valence-corrected chi connectivity index (χ3v) is 4.52. The number of rotatable bonds is 1. The van der Waals surface area contributed by atoms with E-state index in [1.165, 1.54) is 0 Å². The van der Waals surface area contributed by atoms with Crippen molar-refractivity contribution in [3.63, 3.8) is 0 Å². The molecule has 4 heteroatoms. The zero-order valence-electron chi connectivity index (χ0n) is 8.70. The third-order valence-electron chi connectivity index (χ3n) is 4.52. The lowest BCUT2D eigenvalue weighted by Gasteiger charge is -2.44. The van der Waals surface area contributed by atoms with E-state index in [1.54, 1.807) is 0 Å². The predicted octanol–water partition coefficient (Wildman–Crippen LogP) is 0.920. The van der Waals surface area contributed by atoms with Gasteiger partial charge in [0.05, 0.1) is 0 Å². The standard InChI is InChI=1S/C10H18N2O2/c1-9(2)6-3-4-7(5-6)10(9,13)8(11)12-14/h6-7,13-14H,3-5H2,1-2H3,(H2,11,12). The van der Waals surface area contributed by atoms with Crippen LogP contribution in [0.3, 0.4) is 0 Å². The largest absolute Gasteiger partial charge is 0.409 e. The summed E-state index contributed by atoms with van der Waals surface area (Å²) in [5.74, 6) is 0.644. The van der Waals surface area contributed by atoms with Crippen molar-refractivity contribution in [3.8, 4) is 0 Å². The van der Waals surface area contributed by atoms with Crippen LogP contribution in [-0.4, -0.2) is 21.8 Å². The van der Waals surface area contributed by atoms with Gasteiger partial charge in [0, 0.05) is 5.41 Å². The molecular formula is C10H18N2O2. The number of amidine groups is 1. The summed E-state index contributed by atoms with van der Waals surface area (Å²) in [7, 11) is 0. The average molecular weight is 198 g/mol. The molecule has 0 aromatic carbocycles. The number of nitrogens with zero attached hydrogens (tertiary/aromatic N) is 1. The van der Waals surface area contributed by atoms with Crippen molar-refractivity contribution in [1.82, 2.24) is 0 Å². The Morgan fingerprint density at radius 3 is 2.36 bits per heavy atom. The van der Waals surface area contributed by atoms with Crippen LogP contribution in [0.2, 0.25) is 0 Å². The van der Waals surface area contributed by atoms with Gasteiger partial charge in [0.15, 0.2) is 5.84 Å². The summed E-state index contributed by atoms with van der Waals surface area (Å²) in [6.45, 7) is 4.02. The molecule has 2 aliphatic carbocycles. The summed E-state index contributed by atoms with van der Waals surface area (Å²) in [4.78, 5) is 0. The molecule has 0 saturated heterocycles. The Hall–Kier alpha value is -0.770. The van der Waals surface area contributed by atoms with Crippen LogP contribution in [0.15, 0.2) is 5.16 Å². The van der Waals surface area contributed by atoms with Crippen molar-refractivity contribution in [3.05, 3.63) is 0 Å². The van der Waals surface area contributed by atoms with E-state index in [9.17, 15) is 5.11 Å². The first kappa shape index (κ1) is 9.77. The van der Waals surface area contributed by atoms with Gasteiger partial charge in [0.25, 0.3) is 0 Å². The van der Waals surface area contributed by atoms with Gasteiger partial charge >= 0.3 is 0 Å². The van der Waals surface area contributed by atoms with E-state index in [2.05, 4.69) is 5.16 Å². The second-order valence-corrected chi connectivity index (χ2v) is 5.18. The number of nitrogens with two attached hydrogens (primary N) is 1. The molecule has 4 N–H and O–H groups in total. The maximum atomic E-state index is 10.6. The first-order chi connectivity index (χ1) is 6.44. The molecular weight excluding hydrogens is 180 g/mol. The summed E-state index contributed by atoms with van der Waals surface area (Å²) in [5, 5.41) is 22.3. The molecule has 0 aromatic rings. The molecule has 0 radical (unpaired) electrons. The summed E-state index contributed by atoms with van der Waals surface area (Å²) >= 11 is 0. The lowest BCUT2D eigenvalue weighted by atomic mass is 9.65. The number of aliphatic hydroxyl groups is 1. The fourth-order valence-corrected chi connectivity index (χ4v) is 3.47. The minimum absolute atomic E-state index is 0.0188.